The van der Waals surface area contributed by atoms with Crippen LogP contribution in [-0.4, -0.2) is 24.7 Å². The summed E-state index contributed by atoms with van der Waals surface area (Å²) in [5.74, 6) is -0.0101. The van der Waals surface area contributed by atoms with Crippen molar-refractivity contribution >= 4 is 50.0 Å². The van der Waals surface area contributed by atoms with Gasteiger partial charge in [0.15, 0.2) is 6.61 Å². The highest BCUT2D eigenvalue weighted by Crippen LogP contribution is 2.23. The topological polar surface area (TPSA) is 77.0 Å². The summed E-state index contributed by atoms with van der Waals surface area (Å²) in [5.41, 5.74) is 4.43. The van der Waals surface area contributed by atoms with Crippen LogP contribution in [0.1, 0.15) is 21.5 Å². The number of esters is 1. The van der Waals surface area contributed by atoms with E-state index in [9.17, 15) is 9.59 Å². The fourth-order valence-corrected chi connectivity index (χ4v) is 3.09. The van der Waals surface area contributed by atoms with E-state index in [1.165, 1.54) is 6.21 Å². The molecule has 1 N–H and O–H groups in total. The molecule has 0 bridgehead atoms. The number of carbonyl (C=O) groups is 2. The minimum Gasteiger partial charge on any atom is -0.484 e. The number of amides is 1. The van der Waals surface area contributed by atoms with E-state index in [2.05, 4.69) is 42.4 Å². The Hall–Kier alpha value is -2.97. The number of hydrogen-bond acceptors (Lipinski definition) is 5. The van der Waals surface area contributed by atoms with E-state index >= 15 is 0 Å². The fraction of sp³-hybridized carbons (Fsp3) is 0.0870. The van der Waals surface area contributed by atoms with Crippen molar-refractivity contribution in [2.45, 2.75) is 6.92 Å². The molecule has 6 nitrogen and oxygen atoms in total. The second kappa shape index (κ2) is 10.9. The lowest BCUT2D eigenvalue weighted by Gasteiger charge is -2.08. The van der Waals surface area contributed by atoms with Gasteiger partial charge in [-0.2, -0.15) is 5.10 Å². The Labute approximate surface area is 196 Å². The summed E-state index contributed by atoms with van der Waals surface area (Å²) in [6.07, 6.45) is 1.40. The summed E-state index contributed by atoms with van der Waals surface area (Å²) in [7, 11) is 0. The summed E-state index contributed by atoms with van der Waals surface area (Å²) < 4.78 is 12.5. The van der Waals surface area contributed by atoms with Crippen LogP contribution in [0.15, 0.2) is 80.8 Å². The molecule has 0 spiro atoms. The largest absolute Gasteiger partial charge is 0.484 e. The van der Waals surface area contributed by atoms with Crippen LogP contribution >= 0.6 is 31.9 Å². The molecule has 0 aliphatic heterocycles. The third-order valence-corrected chi connectivity index (χ3v) is 5.06. The van der Waals surface area contributed by atoms with Gasteiger partial charge in [0.05, 0.1) is 11.8 Å². The molecule has 1 amide bonds. The number of hydrogen-bond donors (Lipinski definition) is 1. The summed E-state index contributed by atoms with van der Waals surface area (Å²) >= 11 is 6.71. The van der Waals surface area contributed by atoms with Gasteiger partial charge in [-0.3, -0.25) is 4.79 Å². The number of rotatable bonds is 7. The highest BCUT2D eigenvalue weighted by atomic mass is 79.9. The molecule has 3 rings (SSSR count). The zero-order valence-corrected chi connectivity index (χ0v) is 19.6. The van der Waals surface area contributed by atoms with Gasteiger partial charge < -0.3 is 9.47 Å². The monoisotopic (exact) mass is 544 g/mol. The van der Waals surface area contributed by atoms with Gasteiger partial charge >= 0.3 is 5.97 Å². The number of nitrogens with one attached hydrogen (secondary N) is 1. The number of aryl methyl sites for hydroxylation is 1. The van der Waals surface area contributed by atoms with Crippen LogP contribution in [0, 0.1) is 6.92 Å². The van der Waals surface area contributed by atoms with Gasteiger partial charge in [-0.05, 0) is 61.5 Å². The molecule has 0 unspecified atom stereocenters. The Kier molecular flexibility index (Phi) is 7.97. The van der Waals surface area contributed by atoms with Crippen molar-refractivity contribution < 1.29 is 19.1 Å². The molecule has 0 aliphatic rings. The Morgan fingerprint density at radius 1 is 0.968 bits per heavy atom. The van der Waals surface area contributed by atoms with E-state index < -0.39 is 11.9 Å². The van der Waals surface area contributed by atoms with Gasteiger partial charge in [-0.15, -0.1) is 0 Å². The van der Waals surface area contributed by atoms with Gasteiger partial charge in [0.2, 0.25) is 0 Å². The van der Waals surface area contributed by atoms with Crippen LogP contribution < -0.4 is 14.9 Å². The highest BCUT2D eigenvalue weighted by Gasteiger charge is 2.12. The number of ether oxygens (including phenoxy) is 2. The van der Waals surface area contributed by atoms with E-state index in [1.54, 1.807) is 54.6 Å². The van der Waals surface area contributed by atoms with Crippen LogP contribution in [0.4, 0.5) is 0 Å². The quantitative estimate of drug-likeness (QED) is 0.190. The minimum atomic E-state index is -0.500. The molecular formula is C23H18Br2N2O4. The van der Waals surface area contributed by atoms with E-state index in [4.69, 9.17) is 9.47 Å². The van der Waals surface area contributed by atoms with Crippen molar-refractivity contribution in [1.82, 2.24) is 5.43 Å². The molecule has 8 heteroatoms. The molecule has 0 atom stereocenters. The van der Waals surface area contributed by atoms with Gasteiger partial charge in [0.1, 0.15) is 11.5 Å². The zero-order chi connectivity index (χ0) is 22.2. The number of carbonyl (C=O) groups excluding carboxylic acids is 2. The number of halogens is 2. The Morgan fingerprint density at radius 3 is 2.35 bits per heavy atom. The molecule has 31 heavy (non-hydrogen) atoms. The van der Waals surface area contributed by atoms with Crippen molar-refractivity contribution in [3.8, 4) is 11.5 Å². The first-order valence-corrected chi connectivity index (χ1v) is 10.8. The normalized spacial score (nSPS) is 10.7. The van der Waals surface area contributed by atoms with Crippen molar-refractivity contribution in [1.29, 1.82) is 0 Å². The third kappa shape index (κ3) is 7.04. The van der Waals surface area contributed by atoms with Crippen molar-refractivity contribution in [3.05, 3.63) is 92.4 Å². The lowest BCUT2D eigenvalue weighted by molar-refractivity contribution is -0.123. The zero-order valence-electron chi connectivity index (χ0n) is 16.5. The molecule has 0 aliphatic carbocycles. The average Bonchev–Trinajstić information content (AvgIpc) is 2.75. The van der Waals surface area contributed by atoms with Crippen LogP contribution in [0.25, 0.3) is 0 Å². The Morgan fingerprint density at radius 2 is 1.65 bits per heavy atom. The number of benzene rings is 3. The van der Waals surface area contributed by atoms with Crippen molar-refractivity contribution in [2.24, 2.45) is 5.10 Å². The smallest absolute Gasteiger partial charge is 0.343 e. The second-order valence-corrected chi connectivity index (χ2v) is 8.30. The maximum Gasteiger partial charge on any atom is 0.343 e. The summed E-state index contributed by atoms with van der Waals surface area (Å²) in [5, 5.41) is 3.94. The molecule has 3 aromatic rings. The van der Waals surface area contributed by atoms with E-state index in [-0.39, 0.29) is 6.61 Å². The first-order valence-electron chi connectivity index (χ1n) is 9.19. The van der Waals surface area contributed by atoms with Gasteiger partial charge in [0.25, 0.3) is 5.91 Å². The summed E-state index contributed by atoms with van der Waals surface area (Å²) in [4.78, 5) is 24.4. The molecule has 158 valence electrons. The summed E-state index contributed by atoms with van der Waals surface area (Å²) in [6.45, 7) is 1.79. The molecule has 0 radical (unpaired) electrons. The third-order valence-electron chi connectivity index (χ3n) is 4.04. The average molecular weight is 546 g/mol. The van der Waals surface area contributed by atoms with Crippen LogP contribution in [-0.2, 0) is 4.79 Å². The van der Waals surface area contributed by atoms with Gasteiger partial charge in [-0.25, -0.2) is 10.2 Å². The fourth-order valence-electron chi connectivity index (χ4n) is 2.45. The number of nitrogens with zero attached hydrogens (tertiary/aromatic N) is 1. The molecule has 3 aromatic carbocycles. The van der Waals surface area contributed by atoms with Gasteiger partial charge in [-0.1, -0.05) is 49.6 Å². The van der Waals surface area contributed by atoms with Crippen molar-refractivity contribution in [2.75, 3.05) is 6.61 Å². The molecule has 0 heterocycles. The minimum absolute atomic E-state index is 0.176. The maximum atomic E-state index is 12.4. The molecule has 0 aromatic heterocycles. The highest BCUT2D eigenvalue weighted by molar-refractivity contribution is 9.10. The Balaban J connectivity index is 1.61. The lowest BCUT2D eigenvalue weighted by atomic mass is 10.2. The van der Waals surface area contributed by atoms with Crippen LogP contribution in [0.2, 0.25) is 0 Å². The summed E-state index contributed by atoms with van der Waals surface area (Å²) in [6, 6.07) is 19.3. The lowest BCUT2D eigenvalue weighted by Crippen LogP contribution is -2.24. The molecule has 0 fully saturated rings. The van der Waals surface area contributed by atoms with Gasteiger partial charge in [0, 0.05) is 14.5 Å². The van der Waals surface area contributed by atoms with E-state index in [1.807, 2.05) is 19.1 Å². The standard InChI is InChI=1S/C23H18Br2N2O4/c1-15-2-9-20(10-3-15)30-14-22(28)27-26-13-17-12-19(25)8-11-21(17)31-23(29)16-4-6-18(24)7-5-16/h2-13H,14H2,1H3,(H,27,28)/b26-13-. The van der Waals surface area contributed by atoms with E-state index in [0.29, 0.717) is 22.6 Å². The van der Waals surface area contributed by atoms with Crippen LogP contribution in [0.5, 0.6) is 11.5 Å². The maximum absolute atomic E-state index is 12.4. The molecular weight excluding hydrogens is 528 g/mol. The van der Waals surface area contributed by atoms with Crippen molar-refractivity contribution in [3.63, 3.8) is 0 Å². The molecule has 0 saturated heterocycles. The first-order chi connectivity index (χ1) is 14.9. The predicted octanol–water partition coefficient (Wildman–Crippen LogP) is 5.27. The second-order valence-electron chi connectivity index (χ2n) is 6.47. The Bertz CT molecular complexity index is 1100. The predicted molar refractivity (Wildman–Crippen MR) is 126 cm³/mol. The SMILES string of the molecule is Cc1ccc(OCC(=O)N/N=C\c2cc(Br)ccc2OC(=O)c2ccc(Br)cc2)cc1. The number of hydrazone groups is 1. The van der Waals surface area contributed by atoms with E-state index in [0.717, 1.165) is 14.5 Å². The first kappa shape index (κ1) is 22.7. The van der Waals surface area contributed by atoms with Crippen LogP contribution in [0.3, 0.4) is 0 Å². The molecule has 0 saturated carbocycles.